The Labute approximate surface area is 187 Å². The fraction of sp³-hybridized carbons (Fsp3) is 0.385. The lowest BCUT2D eigenvalue weighted by Gasteiger charge is -2.29. The summed E-state index contributed by atoms with van der Waals surface area (Å²) in [5.74, 6) is -0.173. The molecule has 0 aliphatic heterocycles. The minimum Gasteiger partial charge on any atom is -0.478 e. The van der Waals surface area contributed by atoms with Crippen LogP contribution in [-0.2, 0) is 17.8 Å². The number of carboxylic acid groups (broad SMARTS) is 1. The van der Waals surface area contributed by atoms with Crippen molar-refractivity contribution in [3.8, 4) is 11.5 Å². The molecule has 32 heavy (non-hydrogen) atoms. The van der Waals surface area contributed by atoms with Gasteiger partial charge in [-0.3, -0.25) is 0 Å². The number of aryl methyl sites for hydroxylation is 2. The standard InChI is InChI=1S/C26H28FNO4/c1-17-4-2-6-19(24(17)26(29)30)9-8-18-5-3-7-23(14-18)31-15-22-16-32-25(28-22)20-10-12-21(27)13-11-20/h2,4,6,10-13,16,18,23H,3,5,7-9,14-15H2,1H3,(H,29,30)/t18-,23-/m1/s1. The molecule has 0 bridgehead atoms. The molecule has 2 atom stereocenters. The number of benzene rings is 2. The van der Waals surface area contributed by atoms with Crippen molar-refractivity contribution in [3.63, 3.8) is 0 Å². The van der Waals surface area contributed by atoms with Crippen molar-refractivity contribution in [3.05, 3.63) is 76.9 Å². The molecule has 0 amide bonds. The van der Waals surface area contributed by atoms with Gasteiger partial charge in [-0.2, -0.15) is 0 Å². The second-order valence-corrected chi connectivity index (χ2v) is 8.57. The molecule has 0 unspecified atom stereocenters. The van der Waals surface area contributed by atoms with Gasteiger partial charge in [0.25, 0.3) is 0 Å². The average Bonchev–Trinajstić information content (AvgIpc) is 3.26. The molecule has 0 spiro atoms. The average molecular weight is 438 g/mol. The third-order valence-corrected chi connectivity index (χ3v) is 6.24. The van der Waals surface area contributed by atoms with E-state index in [1.165, 1.54) is 12.1 Å². The van der Waals surface area contributed by atoms with Gasteiger partial charge in [0.2, 0.25) is 5.89 Å². The van der Waals surface area contributed by atoms with Crippen LogP contribution in [0.25, 0.3) is 11.5 Å². The van der Waals surface area contributed by atoms with Crippen LogP contribution in [0.15, 0.2) is 53.1 Å². The van der Waals surface area contributed by atoms with E-state index in [9.17, 15) is 14.3 Å². The molecule has 1 aliphatic rings. The topological polar surface area (TPSA) is 72.6 Å². The summed E-state index contributed by atoms with van der Waals surface area (Å²) in [5.41, 5.74) is 3.62. The highest BCUT2D eigenvalue weighted by Crippen LogP contribution is 2.31. The number of ether oxygens (including phenoxy) is 1. The van der Waals surface area contributed by atoms with Crippen LogP contribution in [0.1, 0.15) is 59.3 Å². The van der Waals surface area contributed by atoms with Gasteiger partial charge in [0, 0.05) is 5.56 Å². The Morgan fingerprint density at radius 1 is 1.22 bits per heavy atom. The van der Waals surface area contributed by atoms with Gasteiger partial charge in [-0.05, 0) is 73.9 Å². The minimum atomic E-state index is -0.851. The Morgan fingerprint density at radius 2 is 2.03 bits per heavy atom. The van der Waals surface area contributed by atoms with Crippen molar-refractivity contribution in [1.82, 2.24) is 4.98 Å². The number of halogens is 1. The number of carboxylic acids is 1. The first-order valence-electron chi connectivity index (χ1n) is 11.1. The summed E-state index contributed by atoms with van der Waals surface area (Å²) in [4.78, 5) is 16.1. The lowest BCUT2D eigenvalue weighted by molar-refractivity contribution is -0.000266. The number of oxazole rings is 1. The van der Waals surface area contributed by atoms with Crippen molar-refractivity contribution in [2.75, 3.05) is 0 Å². The van der Waals surface area contributed by atoms with Gasteiger partial charge < -0.3 is 14.3 Å². The summed E-state index contributed by atoms with van der Waals surface area (Å²) in [6.45, 7) is 2.23. The van der Waals surface area contributed by atoms with E-state index in [1.807, 2.05) is 25.1 Å². The first-order chi connectivity index (χ1) is 15.5. The number of nitrogens with zero attached hydrogens (tertiary/aromatic N) is 1. The van der Waals surface area contributed by atoms with E-state index >= 15 is 0 Å². The van der Waals surface area contributed by atoms with Gasteiger partial charge in [-0.1, -0.05) is 31.0 Å². The van der Waals surface area contributed by atoms with Crippen molar-refractivity contribution in [1.29, 1.82) is 0 Å². The number of carbonyl (C=O) groups is 1. The summed E-state index contributed by atoms with van der Waals surface area (Å²) in [6.07, 6.45) is 7.72. The van der Waals surface area contributed by atoms with Crippen LogP contribution in [0.5, 0.6) is 0 Å². The van der Waals surface area contributed by atoms with Crippen LogP contribution in [-0.4, -0.2) is 22.2 Å². The molecular formula is C26H28FNO4. The highest BCUT2D eigenvalue weighted by atomic mass is 19.1. The SMILES string of the molecule is Cc1cccc(CC[C@H]2CCC[C@@H](OCc3coc(-c4ccc(F)cc4)n3)C2)c1C(=O)O. The van der Waals surface area contributed by atoms with Gasteiger partial charge in [0.1, 0.15) is 17.8 Å². The zero-order chi connectivity index (χ0) is 22.5. The maximum Gasteiger partial charge on any atom is 0.336 e. The number of aromatic nitrogens is 1. The fourth-order valence-electron chi connectivity index (χ4n) is 4.56. The first-order valence-corrected chi connectivity index (χ1v) is 11.1. The zero-order valence-corrected chi connectivity index (χ0v) is 18.2. The Bertz CT molecular complexity index is 1060. The van der Waals surface area contributed by atoms with Crippen LogP contribution in [0.4, 0.5) is 4.39 Å². The normalized spacial score (nSPS) is 18.6. The van der Waals surface area contributed by atoms with E-state index in [2.05, 4.69) is 4.98 Å². The lowest BCUT2D eigenvalue weighted by atomic mass is 9.83. The molecule has 1 N–H and O–H groups in total. The molecule has 5 nitrogen and oxygen atoms in total. The smallest absolute Gasteiger partial charge is 0.336 e. The van der Waals surface area contributed by atoms with Crippen LogP contribution < -0.4 is 0 Å². The van der Waals surface area contributed by atoms with Crippen LogP contribution in [0.2, 0.25) is 0 Å². The van der Waals surface area contributed by atoms with E-state index in [0.29, 0.717) is 24.0 Å². The summed E-state index contributed by atoms with van der Waals surface area (Å²) in [6, 6.07) is 11.8. The third kappa shape index (κ3) is 5.43. The molecule has 1 aromatic heterocycles. The molecule has 1 fully saturated rings. The molecule has 0 saturated heterocycles. The molecule has 4 rings (SSSR count). The van der Waals surface area contributed by atoms with E-state index in [0.717, 1.165) is 60.9 Å². The van der Waals surface area contributed by atoms with Crippen LogP contribution >= 0.6 is 0 Å². The molecule has 0 radical (unpaired) electrons. The van der Waals surface area contributed by atoms with E-state index in [1.54, 1.807) is 18.4 Å². The van der Waals surface area contributed by atoms with E-state index in [-0.39, 0.29) is 11.9 Å². The van der Waals surface area contributed by atoms with Gasteiger partial charge in [0.15, 0.2) is 0 Å². The van der Waals surface area contributed by atoms with Crippen molar-refractivity contribution >= 4 is 5.97 Å². The van der Waals surface area contributed by atoms with E-state index in [4.69, 9.17) is 9.15 Å². The number of rotatable bonds is 8. The molecular weight excluding hydrogens is 409 g/mol. The zero-order valence-electron chi connectivity index (χ0n) is 18.2. The predicted octanol–water partition coefficient (Wildman–Crippen LogP) is 6.20. The molecule has 1 heterocycles. The van der Waals surface area contributed by atoms with Crippen LogP contribution in [0, 0.1) is 18.7 Å². The van der Waals surface area contributed by atoms with Gasteiger partial charge in [0.05, 0.1) is 18.3 Å². The molecule has 2 aromatic carbocycles. The highest BCUT2D eigenvalue weighted by Gasteiger charge is 2.24. The van der Waals surface area contributed by atoms with E-state index < -0.39 is 5.97 Å². The fourth-order valence-corrected chi connectivity index (χ4v) is 4.56. The number of aromatic carboxylic acids is 1. The Hall–Kier alpha value is -2.99. The maximum atomic E-state index is 13.1. The molecule has 3 aromatic rings. The van der Waals surface area contributed by atoms with Crippen molar-refractivity contribution in [2.24, 2.45) is 5.92 Å². The Kier molecular flexibility index (Phi) is 7.00. The highest BCUT2D eigenvalue weighted by molar-refractivity contribution is 5.91. The lowest BCUT2D eigenvalue weighted by Crippen LogP contribution is -2.23. The summed E-state index contributed by atoms with van der Waals surface area (Å²) >= 11 is 0. The Morgan fingerprint density at radius 3 is 2.81 bits per heavy atom. The first kappa shape index (κ1) is 22.2. The van der Waals surface area contributed by atoms with Crippen LogP contribution in [0.3, 0.4) is 0 Å². The monoisotopic (exact) mass is 437 g/mol. The summed E-state index contributed by atoms with van der Waals surface area (Å²) < 4.78 is 24.7. The quantitative estimate of drug-likeness (QED) is 0.454. The molecule has 168 valence electrons. The summed E-state index contributed by atoms with van der Waals surface area (Å²) in [7, 11) is 0. The van der Waals surface area contributed by atoms with Crippen molar-refractivity contribution in [2.45, 2.75) is 58.2 Å². The second-order valence-electron chi connectivity index (χ2n) is 8.57. The molecule has 1 saturated carbocycles. The largest absolute Gasteiger partial charge is 0.478 e. The second kappa shape index (κ2) is 10.1. The molecule has 1 aliphatic carbocycles. The van der Waals surface area contributed by atoms with Gasteiger partial charge >= 0.3 is 5.97 Å². The predicted molar refractivity (Wildman–Crippen MR) is 119 cm³/mol. The number of hydrogen-bond donors (Lipinski definition) is 1. The third-order valence-electron chi connectivity index (χ3n) is 6.24. The minimum absolute atomic E-state index is 0.163. The van der Waals surface area contributed by atoms with Gasteiger partial charge in [-0.25, -0.2) is 14.2 Å². The maximum absolute atomic E-state index is 13.1. The molecule has 6 heteroatoms. The number of hydrogen-bond acceptors (Lipinski definition) is 4. The van der Waals surface area contributed by atoms with Gasteiger partial charge in [-0.15, -0.1) is 0 Å². The summed E-state index contributed by atoms with van der Waals surface area (Å²) in [5, 5.41) is 9.54. The Balaban J connectivity index is 1.29. The van der Waals surface area contributed by atoms with Crippen molar-refractivity contribution < 1.29 is 23.4 Å².